The smallest absolute Gasteiger partial charge is 0.179 e. The molecule has 0 saturated carbocycles. The molecule has 1 atom stereocenters. The lowest BCUT2D eigenvalue weighted by atomic mass is 10.1. The van der Waals surface area contributed by atoms with Crippen LogP contribution in [0.25, 0.3) is 0 Å². The summed E-state index contributed by atoms with van der Waals surface area (Å²) >= 11 is 3.26. The van der Waals surface area contributed by atoms with E-state index in [-0.39, 0.29) is 10.6 Å². The molecule has 0 N–H and O–H groups in total. The Morgan fingerprint density at radius 2 is 2.14 bits per heavy atom. The van der Waals surface area contributed by atoms with Crippen molar-refractivity contribution in [1.82, 2.24) is 0 Å². The Bertz CT molecular complexity index is 321. The summed E-state index contributed by atoms with van der Waals surface area (Å²) in [5.41, 5.74) is 0.638. The highest BCUT2D eigenvalue weighted by Gasteiger charge is 2.15. The molecule has 0 radical (unpaired) electrons. The molecule has 0 heterocycles. The quantitative estimate of drug-likeness (QED) is 0.612. The second-order valence-electron chi connectivity index (χ2n) is 2.91. The van der Waals surface area contributed by atoms with Gasteiger partial charge in [-0.15, -0.1) is 0 Å². The second-order valence-corrected chi connectivity index (χ2v) is 4.28. The van der Waals surface area contributed by atoms with Crippen LogP contribution in [0.3, 0.4) is 0 Å². The number of hydrogen-bond donors (Lipinski definition) is 0. The van der Waals surface area contributed by atoms with Gasteiger partial charge in [-0.25, -0.2) is 0 Å². The Morgan fingerprint density at radius 1 is 1.50 bits per heavy atom. The highest BCUT2D eigenvalue weighted by Crippen LogP contribution is 2.21. The van der Waals surface area contributed by atoms with E-state index in [1.54, 1.807) is 6.07 Å². The van der Waals surface area contributed by atoms with Crippen molar-refractivity contribution >= 4 is 21.7 Å². The van der Waals surface area contributed by atoms with Crippen LogP contribution in [-0.4, -0.2) is 17.2 Å². The third kappa shape index (κ3) is 2.58. The van der Waals surface area contributed by atoms with E-state index < -0.39 is 0 Å². The maximum absolute atomic E-state index is 11.7. The lowest BCUT2D eigenvalue weighted by Crippen LogP contribution is -2.11. The van der Waals surface area contributed by atoms with Crippen LogP contribution >= 0.6 is 15.9 Å². The van der Waals surface area contributed by atoms with Gasteiger partial charge >= 0.3 is 0 Å². The summed E-state index contributed by atoms with van der Waals surface area (Å²) in [6.07, 6.45) is 0. The molecule has 0 aromatic heterocycles. The van der Waals surface area contributed by atoms with E-state index in [1.165, 1.54) is 0 Å². The summed E-state index contributed by atoms with van der Waals surface area (Å²) in [7, 11) is 0. The van der Waals surface area contributed by atoms with Gasteiger partial charge in [0.25, 0.3) is 0 Å². The van der Waals surface area contributed by atoms with E-state index in [4.69, 9.17) is 4.74 Å². The number of hydrogen-bond acceptors (Lipinski definition) is 2. The van der Waals surface area contributed by atoms with Gasteiger partial charge in [0.2, 0.25) is 0 Å². The monoisotopic (exact) mass is 256 g/mol. The molecule has 1 unspecified atom stereocenters. The van der Waals surface area contributed by atoms with Crippen LogP contribution in [-0.2, 0) is 0 Å². The number of ether oxygens (including phenoxy) is 1. The van der Waals surface area contributed by atoms with Crippen LogP contribution in [0.1, 0.15) is 24.2 Å². The van der Waals surface area contributed by atoms with Gasteiger partial charge in [0.1, 0.15) is 5.75 Å². The minimum Gasteiger partial charge on any atom is -0.493 e. The molecule has 0 fully saturated rings. The predicted octanol–water partition coefficient (Wildman–Crippen LogP) is 3.05. The van der Waals surface area contributed by atoms with Gasteiger partial charge in [0.05, 0.1) is 17.0 Å². The van der Waals surface area contributed by atoms with Crippen molar-refractivity contribution < 1.29 is 9.53 Å². The lowest BCUT2D eigenvalue weighted by molar-refractivity contribution is 0.0992. The van der Waals surface area contributed by atoms with Gasteiger partial charge in [0.15, 0.2) is 5.78 Å². The Labute approximate surface area is 92.4 Å². The average molecular weight is 257 g/mol. The SMILES string of the molecule is CCOc1ccccc1C(=O)C(C)Br. The molecule has 76 valence electrons. The maximum Gasteiger partial charge on any atom is 0.179 e. The average Bonchev–Trinajstić information content (AvgIpc) is 2.18. The van der Waals surface area contributed by atoms with Crippen molar-refractivity contribution in [3.63, 3.8) is 0 Å². The fourth-order valence-electron chi connectivity index (χ4n) is 1.17. The number of para-hydroxylation sites is 1. The van der Waals surface area contributed by atoms with Crippen molar-refractivity contribution in [3.8, 4) is 5.75 Å². The second kappa shape index (κ2) is 5.15. The Balaban J connectivity index is 3.00. The summed E-state index contributed by atoms with van der Waals surface area (Å²) in [6, 6.07) is 7.29. The third-order valence-electron chi connectivity index (χ3n) is 1.81. The fourth-order valence-corrected chi connectivity index (χ4v) is 1.41. The number of carbonyl (C=O) groups is 1. The van der Waals surface area contributed by atoms with Gasteiger partial charge in [-0.3, -0.25) is 4.79 Å². The summed E-state index contributed by atoms with van der Waals surface area (Å²) in [6.45, 7) is 4.28. The first-order chi connectivity index (χ1) is 6.66. The highest BCUT2D eigenvalue weighted by atomic mass is 79.9. The Morgan fingerprint density at radius 3 is 2.71 bits per heavy atom. The first-order valence-corrected chi connectivity index (χ1v) is 5.48. The summed E-state index contributed by atoms with van der Waals surface area (Å²) in [5, 5.41) is 0. The summed E-state index contributed by atoms with van der Waals surface area (Å²) < 4.78 is 5.37. The third-order valence-corrected chi connectivity index (χ3v) is 2.23. The highest BCUT2D eigenvalue weighted by molar-refractivity contribution is 9.10. The van der Waals surface area contributed by atoms with Crippen molar-refractivity contribution in [2.75, 3.05) is 6.61 Å². The number of rotatable bonds is 4. The number of carbonyl (C=O) groups excluding carboxylic acids is 1. The zero-order chi connectivity index (χ0) is 10.6. The fraction of sp³-hybridized carbons (Fsp3) is 0.364. The van der Waals surface area contributed by atoms with Gasteiger partial charge in [-0.1, -0.05) is 28.1 Å². The molecule has 0 bridgehead atoms. The molecular weight excluding hydrogens is 244 g/mol. The number of Topliss-reactive ketones (excluding diaryl/α,β-unsaturated/α-hetero) is 1. The minimum atomic E-state index is -0.177. The number of ketones is 1. The van der Waals surface area contributed by atoms with Crippen LogP contribution in [0.4, 0.5) is 0 Å². The van der Waals surface area contributed by atoms with Crippen molar-refractivity contribution in [2.24, 2.45) is 0 Å². The van der Waals surface area contributed by atoms with Gasteiger partial charge in [-0.05, 0) is 26.0 Å². The molecule has 0 amide bonds. The maximum atomic E-state index is 11.7. The molecule has 0 saturated heterocycles. The molecule has 1 aromatic rings. The first kappa shape index (κ1) is 11.2. The molecule has 14 heavy (non-hydrogen) atoms. The molecule has 0 aliphatic carbocycles. The van der Waals surface area contributed by atoms with Gasteiger partial charge < -0.3 is 4.74 Å². The zero-order valence-electron chi connectivity index (χ0n) is 8.29. The summed E-state index contributed by atoms with van der Waals surface area (Å²) in [5.74, 6) is 0.709. The largest absolute Gasteiger partial charge is 0.493 e. The molecule has 2 nitrogen and oxygen atoms in total. The molecule has 0 aliphatic heterocycles. The number of halogens is 1. The number of benzene rings is 1. The van der Waals surface area contributed by atoms with E-state index in [1.807, 2.05) is 32.0 Å². The standard InChI is InChI=1S/C11H13BrO2/c1-3-14-10-7-5-4-6-9(10)11(13)8(2)12/h4-8H,3H2,1-2H3. The van der Waals surface area contributed by atoms with Crippen molar-refractivity contribution in [1.29, 1.82) is 0 Å². The minimum absolute atomic E-state index is 0.0500. The van der Waals surface area contributed by atoms with Crippen LogP contribution in [0.15, 0.2) is 24.3 Å². The van der Waals surface area contributed by atoms with Crippen molar-refractivity contribution in [2.45, 2.75) is 18.7 Å². The topological polar surface area (TPSA) is 26.3 Å². The van der Waals surface area contributed by atoms with Gasteiger partial charge in [-0.2, -0.15) is 0 Å². The number of alkyl halides is 1. The molecular formula is C11H13BrO2. The molecule has 3 heteroatoms. The predicted molar refractivity (Wildman–Crippen MR) is 60.3 cm³/mol. The van der Waals surface area contributed by atoms with E-state index in [9.17, 15) is 4.79 Å². The first-order valence-electron chi connectivity index (χ1n) is 4.57. The molecule has 0 aliphatic rings. The Hall–Kier alpha value is -0.830. The van der Waals surface area contributed by atoms with E-state index >= 15 is 0 Å². The lowest BCUT2D eigenvalue weighted by Gasteiger charge is -2.09. The van der Waals surface area contributed by atoms with Crippen molar-refractivity contribution in [3.05, 3.63) is 29.8 Å². The Kier molecular flexibility index (Phi) is 4.14. The van der Waals surface area contributed by atoms with E-state index in [0.29, 0.717) is 17.9 Å². The van der Waals surface area contributed by atoms with Crippen LogP contribution < -0.4 is 4.74 Å². The van der Waals surface area contributed by atoms with Gasteiger partial charge in [0, 0.05) is 0 Å². The van der Waals surface area contributed by atoms with Crippen LogP contribution in [0, 0.1) is 0 Å². The van der Waals surface area contributed by atoms with Crippen LogP contribution in [0.2, 0.25) is 0 Å². The van der Waals surface area contributed by atoms with Crippen LogP contribution in [0.5, 0.6) is 5.75 Å². The molecule has 0 spiro atoms. The molecule has 1 rings (SSSR count). The van der Waals surface area contributed by atoms with E-state index in [2.05, 4.69) is 15.9 Å². The van der Waals surface area contributed by atoms with E-state index in [0.717, 1.165) is 0 Å². The normalized spacial score (nSPS) is 12.2. The zero-order valence-corrected chi connectivity index (χ0v) is 9.87. The molecule has 1 aromatic carbocycles. The summed E-state index contributed by atoms with van der Waals surface area (Å²) in [4.78, 5) is 11.5.